The number of benzene rings is 5. The average molecular weight is 579 g/mol. The smallest absolute Gasteiger partial charge is 0.343 e. The molecule has 7 nitrogen and oxygen atoms in total. The van der Waals surface area contributed by atoms with Gasteiger partial charge in [-0.15, -0.1) is 0 Å². The summed E-state index contributed by atoms with van der Waals surface area (Å²) in [4.78, 5) is 25.5. The molecule has 0 bridgehead atoms. The third-order valence-electron chi connectivity index (χ3n) is 6.34. The first kappa shape index (κ1) is 28.4. The lowest BCUT2D eigenvalue weighted by molar-refractivity contribution is -0.127. The first-order valence-corrected chi connectivity index (χ1v) is 13.6. The van der Waals surface area contributed by atoms with Gasteiger partial charge in [-0.3, -0.25) is 4.79 Å². The summed E-state index contributed by atoms with van der Waals surface area (Å²) in [5.74, 6) is 0.509. The predicted octanol–water partition coefficient (Wildman–Crippen LogP) is 7.21. The molecule has 0 aliphatic heterocycles. The summed E-state index contributed by atoms with van der Waals surface area (Å²) in [6, 6.07) is 34.5. The minimum absolute atomic E-state index is 0.297. The minimum atomic E-state index is -0.826. The standard InChI is InChI=1S/C34H27ClN2O5/c1-23(41-29-18-16-28(17-19-29)40-22-24-7-3-2-4-8-24)33(38)37-36-21-31-30-10-6-5-9-25(30)13-20-32(31)42-34(39)26-11-14-27(35)15-12-26/h2-21,23H,22H2,1H3,(H,37,38)/b36-21-/t23-/m0/s1. The van der Waals surface area contributed by atoms with E-state index in [0.29, 0.717) is 40.0 Å². The molecule has 0 saturated heterocycles. The molecule has 210 valence electrons. The lowest BCUT2D eigenvalue weighted by Crippen LogP contribution is -2.33. The van der Waals surface area contributed by atoms with Gasteiger partial charge in [-0.05, 0) is 77.9 Å². The summed E-state index contributed by atoms with van der Waals surface area (Å²) >= 11 is 5.94. The largest absolute Gasteiger partial charge is 0.489 e. The Hall–Kier alpha value is -5.14. The molecule has 5 aromatic rings. The van der Waals surface area contributed by atoms with Gasteiger partial charge >= 0.3 is 5.97 Å². The Labute approximate surface area is 248 Å². The van der Waals surface area contributed by atoms with Crippen molar-refractivity contribution in [3.05, 3.63) is 137 Å². The van der Waals surface area contributed by atoms with Gasteiger partial charge in [0.25, 0.3) is 5.91 Å². The van der Waals surface area contributed by atoms with Gasteiger partial charge < -0.3 is 14.2 Å². The molecule has 1 amide bonds. The van der Waals surface area contributed by atoms with Crippen molar-refractivity contribution in [1.82, 2.24) is 5.43 Å². The summed E-state index contributed by atoms with van der Waals surface area (Å²) in [5, 5.41) is 6.38. The Bertz CT molecular complexity index is 1700. The average Bonchev–Trinajstić information content (AvgIpc) is 3.02. The fraction of sp³-hybridized carbons (Fsp3) is 0.0882. The van der Waals surface area contributed by atoms with E-state index in [-0.39, 0.29) is 0 Å². The number of esters is 1. The van der Waals surface area contributed by atoms with Crippen LogP contribution in [-0.2, 0) is 11.4 Å². The fourth-order valence-electron chi connectivity index (χ4n) is 4.11. The maximum Gasteiger partial charge on any atom is 0.343 e. The summed E-state index contributed by atoms with van der Waals surface area (Å²) in [7, 11) is 0. The van der Waals surface area contributed by atoms with E-state index in [0.717, 1.165) is 16.3 Å². The molecule has 0 heterocycles. The molecule has 1 N–H and O–H groups in total. The van der Waals surface area contributed by atoms with Crippen molar-refractivity contribution in [3.63, 3.8) is 0 Å². The van der Waals surface area contributed by atoms with Gasteiger partial charge in [0.2, 0.25) is 0 Å². The highest BCUT2D eigenvalue weighted by Crippen LogP contribution is 2.28. The van der Waals surface area contributed by atoms with Crippen LogP contribution in [0.3, 0.4) is 0 Å². The zero-order valence-corrected chi connectivity index (χ0v) is 23.5. The van der Waals surface area contributed by atoms with Crippen molar-refractivity contribution in [2.24, 2.45) is 5.10 Å². The van der Waals surface area contributed by atoms with Crippen molar-refractivity contribution < 1.29 is 23.8 Å². The zero-order valence-electron chi connectivity index (χ0n) is 22.7. The molecule has 0 aromatic heterocycles. The predicted molar refractivity (Wildman–Crippen MR) is 163 cm³/mol. The van der Waals surface area contributed by atoms with Crippen LogP contribution in [0.5, 0.6) is 17.2 Å². The van der Waals surface area contributed by atoms with Gasteiger partial charge in [0, 0.05) is 10.6 Å². The van der Waals surface area contributed by atoms with Gasteiger partial charge in [0.1, 0.15) is 23.9 Å². The Balaban J connectivity index is 1.22. The molecule has 5 rings (SSSR count). The second kappa shape index (κ2) is 13.5. The van der Waals surface area contributed by atoms with Crippen LogP contribution < -0.4 is 19.6 Å². The molecule has 0 radical (unpaired) electrons. The molecular weight excluding hydrogens is 552 g/mol. The van der Waals surface area contributed by atoms with Gasteiger partial charge in [-0.25, -0.2) is 10.2 Å². The lowest BCUT2D eigenvalue weighted by Gasteiger charge is -2.14. The monoisotopic (exact) mass is 578 g/mol. The number of nitrogens with zero attached hydrogens (tertiary/aromatic N) is 1. The van der Waals surface area contributed by atoms with Crippen LogP contribution in [-0.4, -0.2) is 24.2 Å². The summed E-state index contributed by atoms with van der Waals surface area (Å²) in [6.45, 7) is 2.08. The lowest BCUT2D eigenvalue weighted by atomic mass is 10.0. The molecule has 0 aliphatic carbocycles. The number of nitrogens with one attached hydrogen (secondary N) is 1. The molecule has 8 heteroatoms. The second-order valence-electron chi connectivity index (χ2n) is 9.33. The van der Waals surface area contributed by atoms with E-state index in [1.54, 1.807) is 61.5 Å². The van der Waals surface area contributed by atoms with E-state index in [1.165, 1.54) is 6.21 Å². The third-order valence-corrected chi connectivity index (χ3v) is 6.59. The number of hydrogen-bond acceptors (Lipinski definition) is 6. The van der Waals surface area contributed by atoms with Crippen LogP contribution in [0.2, 0.25) is 5.02 Å². The van der Waals surface area contributed by atoms with Crippen LogP contribution in [0.4, 0.5) is 0 Å². The van der Waals surface area contributed by atoms with Gasteiger partial charge in [-0.2, -0.15) is 5.10 Å². The van der Waals surface area contributed by atoms with E-state index >= 15 is 0 Å². The van der Waals surface area contributed by atoms with Crippen LogP contribution >= 0.6 is 11.6 Å². The summed E-state index contributed by atoms with van der Waals surface area (Å²) in [6.07, 6.45) is 0.629. The maximum atomic E-state index is 12.8. The summed E-state index contributed by atoms with van der Waals surface area (Å²) < 4.78 is 17.3. The highest BCUT2D eigenvalue weighted by atomic mass is 35.5. The Morgan fingerprint density at radius 1 is 0.833 bits per heavy atom. The molecule has 0 aliphatic rings. The maximum absolute atomic E-state index is 12.8. The Kier molecular flexibility index (Phi) is 9.11. The van der Waals surface area contributed by atoms with Crippen molar-refractivity contribution in [2.45, 2.75) is 19.6 Å². The minimum Gasteiger partial charge on any atom is -0.489 e. The van der Waals surface area contributed by atoms with Crippen molar-refractivity contribution in [1.29, 1.82) is 0 Å². The molecule has 0 unspecified atom stereocenters. The van der Waals surface area contributed by atoms with E-state index in [2.05, 4.69) is 10.5 Å². The van der Waals surface area contributed by atoms with E-state index < -0.39 is 18.0 Å². The van der Waals surface area contributed by atoms with Crippen LogP contribution in [0.1, 0.15) is 28.4 Å². The molecule has 0 fully saturated rings. The molecular formula is C34H27ClN2O5. The van der Waals surface area contributed by atoms with Crippen LogP contribution in [0, 0.1) is 0 Å². The molecule has 5 aromatic carbocycles. The number of ether oxygens (including phenoxy) is 3. The van der Waals surface area contributed by atoms with Gasteiger partial charge in [-0.1, -0.05) is 72.3 Å². The topological polar surface area (TPSA) is 86.2 Å². The highest BCUT2D eigenvalue weighted by Gasteiger charge is 2.16. The Morgan fingerprint density at radius 2 is 1.52 bits per heavy atom. The van der Waals surface area contributed by atoms with Gasteiger partial charge in [0.15, 0.2) is 6.10 Å². The third kappa shape index (κ3) is 7.33. The van der Waals surface area contributed by atoms with E-state index in [1.807, 2.05) is 60.7 Å². The Morgan fingerprint density at radius 3 is 2.29 bits per heavy atom. The number of hydrogen-bond donors (Lipinski definition) is 1. The number of carbonyl (C=O) groups is 2. The van der Waals surface area contributed by atoms with E-state index in [4.69, 9.17) is 25.8 Å². The first-order chi connectivity index (χ1) is 20.5. The van der Waals surface area contributed by atoms with Crippen molar-refractivity contribution in [2.75, 3.05) is 0 Å². The number of fused-ring (bicyclic) bond motifs is 1. The number of halogens is 1. The molecule has 0 spiro atoms. The number of amides is 1. The number of hydrazone groups is 1. The fourth-order valence-corrected chi connectivity index (χ4v) is 4.23. The SMILES string of the molecule is C[C@H](Oc1ccc(OCc2ccccc2)cc1)C(=O)N/N=C\c1c(OC(=O)c2ccc(Cl)cc2)ccc2ccccc12. The molecule has 1 atom stereocenters. The van der Waals surface area contributed by atoms with Crippen LogP contribution in [0.15, 0.2) is 120 Å². The summed E-state index contributed by atoms with van der Waals surface area (Å²) in [5.41, 5.74) is 4.47. The number of carbonyl (C=O) groups excluding carboxylic acids is 2. The highest BCUT2D eigenvalue weighted by molar-refractivity contribution is 6.30. The number of rotatable bonds is 10. The molecule has 0 saturated carbocycles. The normalized spacial score (nSPS) is 11.7. The van der Waals surface area contributed by atoms with Crippen molar-refractivity contribution >= 4 is 40.5 Å². The van der Waals surface area contributed by atoms with Gasteiger partial charge in [0.05, 0.1) is 11.8 Å². The van der Waals surface area contributed by atoms with Crippen LogP contribution in [0.25, 0.3) is 10.8 Å². The van der Waals surface area contributed by atoms with Crippen molar-refractivity contribution in [3.8, 4) is 17.2 Å². The van der Waals surface area contributed by atoms with E-state index in [9.17, 15) is 9.59 Å². The first-order valence-electron chi connectivity index (χ1n) is 13.2. The zero-order chi connectivity index (χ0) is 29.3. The molecule has 42 heavy (non-hydrogen) atoms. The second-order valence-corrected chi connectivity index (χ2v) is 9.77. The quantitative estimate of drug-likeness (QED) is 0.0819.